The minimum absolute atomic E-state index is 0.0558. The van der Waals surface area contributed by atoms with Crippen LogP contribution in [-0.4, -0.2) is 18.2 Å². The molecule has 2 aromatic carbocycles. The predicted molar refractivity (Wildman–Crippen MR) is 70.1 cm³/mol. The van der Waals surface area contributed by atoms with Crippen molar-refractivity contribution in [2.75, 3.05) is 7.11 Å². The minimum Gasteiger partial charge on any atom is -0.496 e. The first kappa shape index (κ1) is 13.6. The molecule has 0 heterocycles. The maximum absolute atomic E-state index is 13.4. The van der Waals surface area contributed by atoms with Crippen molar-refractivity contribution < 1.29 is 19.0 Å². The average Bonchev–Trinajstić information content (AvgIpc) is 2.46. The van der Waals surface area contributed by atoms with Gasteiger partial charge in [0.15, 0.2) is 0 Å². The van der Waals surface area contributed by atoms with Gasteiger partial charge in [-0.15, -0.1) is 0 Å². The Labute approximate surface area is 114 Å². The second-order valence-electron chi connectivity index (χ2n) is 4.02. The highest BCUT2D eigenvalue weighted by molar-refractivity contribution is 5.97. The molecular formula is C15H10FNO3. The van der Waals surface area contributed by atoms with Crippen LogP contribution < -0.4 is 4.74 Å². The fourth-order valence-corrected chi connectivity index (χ4v) is 1.91. The van der Waals surface area contributed by atoms with Gasteiger partial charge in [0.25, 0.3) is 0 Å². The maximum atomic E-state index is 13.4. The highest BCUT2D eigenvalue weighted by Crippen LogP contribution is 2.33. The van der Waals surface area contributed by atoms with Crippen LogP contribution in [0.4, 0.5) is 4.39 Å². The third kappa shape index (κ3) is 2.45. The molecule has 0 amide bonds. The van der Waals surface area contributed by atoms with Crippen LogP contribution in [0.2, 0.25) is 0 Å². The van der Waals surface area contributed by atoms with Crippen molar-refractivity contribution in [3.63, 3.8) is 0 Å². The largest absolute Gasteiger partial charge is 0.496 e. The quantitative estimate of drug-likeness (QED) is 0.931. The van der Waals surface area contributed by atoms with E-state index in [4.69, 9.17) is 10.00 Å². The van der Waals surface area contributed by atoms with Gasteiger partial charge in [-0.3, -0.25) is 0 Å². The van der Waals surface area contributed by atoms with Gasteiger partial charge in [-0.25, -0.2) is 9.18 Å². The van der Waals surface area contributed by atoms with Gasteiger partial charge in [0.1, 0.15) is 11.6 Å². The number of carboxylic acid groups (broad SMARTS) is 1. The number of rotatable bonds is 3. The smallest absolute Gasteiger partial charge is 0.336 e. The first-order valence-corrected chi connectivity index (χ1v) is 5.68. The number of nitrogens with zero attached hydrogens (tertiary/aromatic N) is 1. The summed E-state index contributed by atoms with van der Waals surface area (Å²) in [5.74, 6) is -1.36. The molecule has 0 spiro atoms. The molecule has 5 heteroatoms. The zero-order chi connectivity index (χ0) is 14.7. The first-order chi connectivity index (χ1) is 9.56. The molecule has 0 aliphatic carbocycles. The van der Waals surface area contributed by atoms with E-state index in [-0.39, 0.29) is 11.1 Å². The summed E-state index contributed by atoms with van der Waals surface area (Å²) in [6, 6.07) is 9.89. The molecule has 2 rings (SSSR count). The molecule has 0 saturated carbocycles. The highest BCUT2D eigenvalue weighted by atomic mass is 19.1. The van der Waals surface area contributed by atoms with Gasteiger partial charge < -0.3 is 9.84 Å². The molecule has 0 aromatic heterocycles. The summed E-state index contributed by atoms with van der Waals surface area (Å²) in [6.45, 7) is 0. The maximum Gasteiger partial charge on any atom is 0.336 e. The van der Waals surface area contributed by atoms with Crippen LogP contribution in [0.25, 0.3) is 11.1 Å². The van der Waals surface area contributed by atoms with Crippen LogP contribution in [0.15, 0.2) is 36.4 Å². The lowest BCUT2D eigenvalue weighted by molar-refractivity contribution is 0.0697. The molecule has 100 valence electrons. The number of hydrogen-bond donors (Lipinski definition) is 1. The number of nitriles is 1. The molecule has 0 aliphatic heterocycles. The second-order valence-corrected chi connectivity index (χ2v) is 4.02. The van der Waals surface area contributed by atoms with Gasteiger partial charge in [0, 0.05) is 11.1 Å². The molecule has 0 radical (unpaired) electrons. The molecule has 0 aliphatic rings. The normalized spacial score (nSPS) is 9.85. The number of halogens is 1. The zero-order valence-corrected chi connectivity index (χ0v) is 10.6. The summed E-state index contributed by atoms with van der Waals surface area (Å²) >= 11 is 0. The van der Waals surface area contributed by atoms with Gasteiger partial charge in [-0.2, -0.15) is 5.26 Å². The molecule has 0 saturated heterocycles. The lowest BCUT2D eigenvalue weighted by Crippen LogP contribution is -2.01. The monoisotopic (exact) mass is 271 g/mol. The van der Waals surface area contributed by atoms with Crippen LogP contribution in [0.3, 0.4) is 0 Å². The number of methoxy groups -OCH3 is 1. The van der Waals surface area contributed by atoms with Crippen LogP contribution in [-0.2, 0) is 0 Å². The Bertz CT molecular complexity index is 720. The van der Waals surface area contributed by atoms with E-state index < -0.39 is 11.8 Å². The number of hydrogen-bond acceptors (Lipinski definition) is 3. The molecule has 2 aromatic rings. The Morgan fingerprint density at radius 1 is 1.25 bits per heavy atom. The lowest BCUT2D eigenvalue weighted by atomic mass is 9.97. The Kier molecular flexibility index (Phi) is 3.67. The number of benzene rings is 2. The molecule has 0 unspecified atom stereocenters. The molecule has 1 N–H and O–H groups in total. The van der Waals surface area contributed by atoms with Crippen LogP contribution in [0.1, 0.15) is 15.9 Å². The molecular weight excluding hydrogens is 261 g/mol. The third-order valence-corrected chi connectivity index (χ3v) is 2.83. The van der Waals surface area contributed by atoms with Gasteiger partial charge in [-0.1, -0.05) is 0 Å². The van der Waals surface area contributed by atoms with E-state index >= 15 is 0 Å². The topological polar surface area (TPSA) is 70.3 Å². The summed E-state index contributed by atoms with van der Waals surface area (Å²) in [5.41, 5.74) is 0.816. The third-order valence-electron chi connectivity index (χ3n) is 2.83. The summed E-state index contributed by atoms with van der Waals surface area (Å²) in [6.07, 6.45) is 0. The van der Waals surface area contributed by atoms with E-state index in [2.05, 4.69) is 0 Å². The van der Waals surface area contributed by atoms with Gasteiger partial charge in [0.2, 0.25) is 0 Å². The summed E-state index contributed by atoms with van der Waals surface area (Å²) in [5, 5.41) is 18.1. The number of carboxylic acids is 1. The van der Waals surface area contributed by atoms with E-state index in [1.54, 1.807) is 12.1 Å². The van der Waals surface area contributed by atoms with E-state index in [0.717, 1.165) is 12.1 Å². The van der Waals surface area contributed by atoms with E-state index in [1.165, 1.54) is 19.2 Å². The number of ether oxygens (including phenoxy) is 1. The van der Waals surface area contributed by atoms with Gasteiger partial charge in [0.05, 0.1) is 24.3 Å². The fourth-order valence-electron chi connectivity index (χ4n) is 1.91. The first-order valence-electron chi connectivity index (χ1n) is 5.68. The van der Waals surface area contributed by atoms with Gasteiger partial charge in [-0.05, 0) is 36.4 Å². The summed E-state index contributed by atoms with van der Waals surface area (Å²) < 4.78 is 18.6. The Morgan fingerprint density at radius 2 is 2.00 bits per heavy atom. The Balaban J connectivity index is 2.76. The lowest BCUT2D eigenvalue weighted by Gasteiger charge is -2.11. The Hall–Kier alpha value is -2.87. The number of aromatic carboxylic acids is 1. The van der Waals surface area contributed by atoms with Crippen molar-refractivity contribution in [2.24, 2.45) is 0 Å². The summed E-state index contributed by atoms with van der Waals surface area (Å²) in [4.78, 5) is 11.2. The molecule has 4 nitrogen and oxygen atoms in total. The second kappa shape index (κ2) is 5.41. The Morgan fingerprint density at radius 3 is 2.60 bits per heavy atom. The van der Waals surface area contributed by atoms with Crippen molar-refractivity contribution in [2.45, 2.75) is 0 Å². The van der Waals surface area contributed by atoms with E-state index in [1.807, 2.05) is 6.07 Å². The zero-order valence-electron chi connectivity index (χ0n) is 10.6. The predicted octanol–water partition coefficient (Wildman–Crippen LogP) is 3.07. The number of carbonyl (C=O) groups is 1. The van der Waals surface area contributed by atoms with Crippen molar-refractivity contribution in [1.82, 2.24) is 0 Å². The molecule has 0 atom stereocenters. The SMILES string of the molecule is COc1ccc(C#N)cc1-c1cc(F)ccc1C(=O)O. The van der Waals surface area contributed by atoms with Crippen molar-refractivity contribution in [1.29, 1.82) is 5.26 Å². The molecule has 0 bridgehead atoms. The van der Waals surface area contributed by atoms with E-state index in [9.17, 15) is 14.3 Å². The van der Waals surface area contributed by atoms with Crippen LogP contribution >= 0.6 is 0 Å². The standard InChI is InChI=1S/C15H10FNO3/c1-20-14-5-2-9(8-17)6-13(14)12-7-10(16)3-4-11(12)15(18)19/h2-7H,1H3,(H,18,19). The molecule has 20 heavy (non-hydrogen) atoms. The van der Waals surface area contributed by atoms with Gasteiger partial charge >= 0.3 is 5.97 Å². The van der Waals surface area contributed by atoms with E-state index in [0.29, 0.717) is 16.9 Å². The van der Waals surface area contributed by atoms with Crippen LogP contribution in [0, 0.1) is 17.1 Å². The van der Waals surface area contributed by atoms with Crippen molar-refractivity contribution in [3.05, 3.63) is 53.3 Å². The highest BCUT2D eigenvalue weighted by Gasteiger charge is 2.16. The van der Waals surface area contributed by atoms with Crippen molar-refractivity contribution in [3.8, 4) is 22.9 Å². The summed E-state index contributed by atoms with van der Waals surface area (Å²) in [7, 11) is 1.42. The molecule has 0 fully saturated rings. The van der Waals surface area contributed by atoms with Crippen molar-refractivity contribution >= 4 is 5.97 Å². The van der Waals surface area contributed by atoms with Crippen LogP contribution in [0.5, 0.6) is 5.75 Å². The average molecular weight is 271 g/mol. The fraction of sp³-hybridized carbons (Fsp3) is 0.0667. The minimum atomic E-state index is -1.18.